The molecule has 1 aliphatic heterocycles. The molecule has 148 valence electrons. The first-order chi connectivity index (χ1) is 13.7. The van der Waals surface area contributed by atoms with E-state index in [9.17, 15) is 4.79 Å². The van der Waals surface area contributed by atoms with Gasteiger partial charge < -0.3 is 15.0 Å². The number of rotatable bonds is 7. The van der Waals surface area contributed by atoms with Gasteiger partial charge in [0, 0.05) is 18.7 Å². The highest BCUT2D eigenvalue weighted by molar-refractivity contribution is 7.80. The monoisotopic (exact) mass is 397 g/mol. The Kier molecular flexibility index (Phi) is 7.25. The van der Waals surface area contributed by atoms with E-state index in [1.54, 1.807) is 12.1 Å². The van der Waals surface area contributed by atoms with Gasteiger partial charge >= 0.3 is 0 Å². The maximum Gasteiger partial charge on any atom is 0.257 e. The fourth-order valence-corrected chi connectivity index (χ4v) is 3.41. The van der Waals surface area contributed by atoms with Crippen LogP contribution in [-0.2, 0) is 0 Å². The summed E-state index contributed by atoms with van der Waals surface area (Å²) in [5.74, 6) is 0.441. The molecule has 0 atom stereocenters. The Balaban J connectivity index is 1.61. The zero-order valence-corrected chi connectivity index (χ0v) is 17.1. The van der Waals surface area contributed by atoms with Gasteiger partial charge in [0.25, 0.3) is 5.91 Å². The summed E-state index contributed by atoms with van der Waals surface area (Å²) in [6.45, 7) is 4.85. The van der Waals surface area contributed by atoms with Crippen LogP contribution >= 0.6 is 12.2 Å². The number of hydrogen-bond donors (Lipinski definition) is 2. The zero-order chi connectivity index (χ0) is 19.8. The van der Waals surface area contributed by atoms with Crippen molar-refractivity contribution in [3.8, 4) is 5.75 Å². The highest BCUT2D eigenvalue weighted by Crippen LogP contribution is 2.28. The Labute approximate surface area is 172 Å². The third kappa shape index (κ3) is 5.45. The molecule has 1 fully saturated rings. The van der Waals surface area contributed by atoms with Gasteiger partial charge in [-0.15, -0.1) is 0 Å². The van der Waals surface area contributed by atoms with Crippen LogP contribution in [0.1, 0.15) is 43.0 Å². The summed E-state index contributed by atoms with van der Waals surface area (Å²) in [5.41, 5.74) is 2.54. The van der Waals surface area contributed by atoms with Crippen LogP contribution in [0.3, 0.4) is 0 Å². The third-order valence-electron chi connectivity index (χ3n) is 4.69. The van der Waals surface area contributed by atoms with Crippen LogP contribution in [0.4, 0.5) is 11.4 Å². The number of ether oxygens (including phenoxy) is 1. The van der Waals surface area contributed by atoms with Crippen LogP contribution in [0.5, 0.6) is 5.75 Å². The molecular formula is C22H27N3O2S. The van der Waals surface area contributed by atoms with Gasteiger partial charge in [-0.3, -0.25) is 10.1 Å². The fourth-order valence-electron chi connectivity index (χ4n) is 3.20. The number of benzene rings is 2. The van der Waals surface area contributed by atoms with Crippen LogP contribution in [0.15, 0.2) is 48.5 Å². The normalized spacial score (nSPS) is 13.2. The van der Waals surface area contributed by atoms with Crippen molar-refractivity contribution in [1.82, 2.24) is 5.32 Å². The maximum absolute atomic E-state index is 12.6. The minimum Gasteiger partial charge on any atom is -0.494 e. The van der Waals surface area contributed by atoms with Crippen molar-refractivity contribution in [1.29, 1.82) is 0 Å². The van der Waals surface area contributed by atoms with Gasteiger partial charge in [-0.25, -0.2) is 0 Å². The van der Waals surface area contributed by atoms with E-state index in [1.165, 1.54) is 12.8 Å². The standard InChI is InChI=1S/C22H27N3O2S/c1-2-3-15-27-18-10-8-9-17(16-18)21(26)24-22(28)23-19-11-4-5-12-20(19)25-13-6-7-14-25/h4-5,8-12,16H,2-3,6-7,13-15H2,1H3,(H2,23,24,26,28). The second kappa shape index (κ2) is 10.1. The number of thiocarbonyl (C=S) groups is 1. The minimum absolute atomic E-state index is 0.253. The van der Waals surface area contributed by atoms with Gasteiger partial charge in [-0.05, 0) is 61.8 Å². The van der Waals surface area contributed by atoms with E-state index in [4.69, 9.17) is 17.0 Å². The number of anilines is 2. The number of nitrogens with one attached hydrogen (secondary N) is 2. The molecule has 2 aromatic carbocycles. The maximum atomic E-state index is 12.6. The summed E-state index contributed by atoms with van der Waals surface area (Å²) in [4.78, 5) is 14.9. The van der Waals surface area contributed by atoms with Crippen LogP contribution < -0.4 is 20.3 Å². The Morgan fingerprint density at radius 1 is 1.14 bits per heavy atom. The van der Waals surface area contributed by atoms with E-state index in [2.05, 4.69) is 28.5 Å². The van der Waals surface area contributed by atoms with Crippen LogP contribution in [0.25, 0.3) is 0 Å². The lowest BCUT2D eigenvalue weighted by atomic mass is 10.2. The summed E-state index contributed by atoms with van der Waals surface area (Å²) in [6, 6.07) is 15.2. The molecule has 5 nitrogen and oxygen atoms in total. The van der Waals surface area contributed by atoms with Crippen molar-refractivity contribution >= 4 is 34.6 Å². The van der Waals surface area contributed by atoms with Gasteiger partial charge in [0.15, 0.2) is 5.11 Å². The molecule has 1 amide bonds. The molecule has 1 aliphatic rings. The van der Waals surface area contributed by atoms with Crippen molar-refractivity contribution in [3.63, 3.8) is 0 Å². The van der Waals surface area contributed by atoms with Crippen molar-refractivity contribution in [2.75, 3.05) is 29.9 Å². The molecule has 28 heavy (non-hydrogen) atoms. The van der Waals surface area contributed by atoms with Gasteiger partial charge in [-0.2, -0.15) is 0 Å². The minimum atomic E-state index is -0.253. The molecule has 0 unspecified atom stereocenters. The summed E-state index contributed by atoms with van der Waals surface area (Å²) in [6.07, 6.45) is 4.46. The van der Waals surface area contributed by atoms with E-state index >= 15 is 0 Å². The van der Waals surface area contributed by atoms with Crippen LogP contribution in [0.2, 0.25) is 0 Å². The molecule has 0 radical (unpaired) electrons. The van der Waals surface area contributed by atoms with E-state index in [1.807, 2.05) is 30.3 Å². The smallest absolute Gasteiger partial charge is 0.257 e. The molecule has 0 aliphatic carbocycles. The molecule has 1 heterocycles. The highest BCUT2D eigenvalue weighted by atomic mass is 32.1. The van der Waals surface area contributed by atoms with Crippen LogP contribution in [0, 0.1) is 0 Å². The third-order valence-corrected chi connectivity index (χ3v) is 4.89. The number of amides is 1. The first kappa shape index (κ1) is 20.1. The molecule has 2 aromatic rings. The Hall–Kier alpha value is -2.60. The quantitative estimate of drug-likeness (QED) is 0.529. The van der Waals surface area contributed by atoms with Crippen molar-refractivity contribution in [3.05, 3.63) is 54.1 Å². The fraction of sp³-hybridized carbons (Fsp3) is 0.364. The van der Waals surface area contributed by atoms with Gasteiger partial charge in [-0.1, -0.05) is 31.5 Å². The predicted molar refractivity (Wildman–Crippen MR) is 118 cm³/mol. The van der Waals surface area contributed by atoms with Crippen LogP contribution in [-0.4, -0.2) is 30.7 Å². The lowest BCUT2D eigenvalue weighted by molar-refractivity contribution is 0.0977. The number of unbranched alkanes of at least 4 members (excludes halogenated alkanes) is 1. The molecule has 0 aromatic heterocycles. The van der Waals surface area contributed by atoms with Gasteiger partial charge in [0.2, 0.25) is 0 Å². The average molecular weight is 398 g/mol. The molecule has 3 rings (SSSR count). The Bertz CT molecular complexity index is 819. The number of nitrogens with zero attached hydrogens (tertiary/aromatic N) is 1. The summed E-state index contributed by atoms with van der Waals surface area (Å²) < 4.78 is 5.68. The van der Waals surface area contributed by atoms with E-state index in [0.717, 1.165) is 37.3 Å². The molecule has 0 saturated carbocycles. The Morgan fingerprint density at radius 3 is 2.71 bits per heavy atom. The lowest BCUT2D eigenvalue weighted by Gasteiger charge is -2.22. The SMILES string of the molecule is CCCCOc1cccc(C(=O)NC(=S)Nc2ccccc2N2CCCC2)c1. The second-order valence-electron chi connectivity index (χ2n) is 6.85. The summed E-state index contributed by atoms with van der Waals surface area (Å²) >= 11 is 5.37. The van der Waals surface area contributed by atoms with Gasteiger partial charge in [0.1, 0.15) is 5.75 Å². The van der Waals surface area contributed by atoms with E-state index in [0.29, 0.717) is 17.9 Å². The number of para-hydroxylation sites is 2. The van der Waals surface area contributed by atoms with Gasteiger partial charge in [0.05, 0.1) is 18.0 Å². The molecule has 0 spiro atoms. The molecular weight excluding hydrogens is 370 g/mol. The van der Waals surface area contributed by atoms with E-state index in [-0.39, 0.29) is 11.0 Å². The number of hydrogen-bond acceptors (Lipinski definition) is 4. The Morgan fingerprint density at radius 2 is 1.93 bits per heavy atom. The number of carbonyl (C=O) groups is 1. The molecule has 0 bridgehead atoms. The molecule has 6 heteroatoms. The lowest BCUT2D eigenvalue weighted by Crippen LogP contribution is -2.34. The van der Waals surface area contributed by atoms with Crippen molar-refractivity contribution < 1.29 is 9.53 Å². The van der Waals surface area contributed by atoms with E-state index < -0.39 is 0 Å². The topological polar surface area (TPSA) is 53.6 Å². The van der Waals surface area contributed by atoms with Crippen molar-refractivity contribution in [2.45, 2.75) is 32.6 Å². The number of carbonyl (C=O) groups excluding carboxylic acids is 1. The zero-order valence-electron chi connectivity index (χ0n) is 16.2. The highest BCUT2D eigenvalue weighted by Gasteiger charge is 2.16. The first-order valence-electron chi connectivity index (χ1n) is 9.86. The average Bonchev–Trinajstić information content (AvgIpc) is 3.23. The summed E-state index contributed by atoms with van der Waals surface area (Å²) in [5, 5.41) is 6.22. The largest absolute Gasteiger partial charge is 0.494 e. The first-order valence-corrected chi connectivity index (χ1v) is 10.3. The molecule has 2 N–H and O–H groups in total. The second-order valence-corrected chi connectivity index (χ2v) is 7.26. The molecule has 1 saturated heterocycles. The van der Waals surface area contributed by atoms with Crippen molar-refractivity contribution in [2.24, 2.45) is 0 Å². The predicted octanol–water partition coefficient (Wildman–Crippen LogP) is 4.59. The summed E-state index contributed by atoms with van der Waals surface area (Å²) in [7, 11) is 0.